The summed E-state index contributed by atoms with van der Waals surface area (Å²) in [6, 6.07) is 23.3. The van der Waals surface area contributed by atoms with E-state index in [1.54, 1.807) is 0 Å². The summed E-state index contributed by atoms with van der Waals surface area (Å²) in [7, 11) is -3.83. The molecule has 0 radical (unpaired) electrons. The van der Waals surface area contributed by atoms with E-state index in [0.29, 0.717) is 17.7 Å². The summed E-state index contributed by atoms with van der Waals surface area (Å²) in [5, 5.41) is 2.08. The van der Waals surface area contributed by atoms with E-state index in [0.717, 1.165) is 61.2 Å². The van der Waals surface area contributed by atoms with Gasteiger partial charge in [-0.25, -0.2) is 8.42 Å². The van der Waals surface area contributed by atoms with Crippen LogP contribution in [0.3, 0.4) is 0 Å². The van der Waals surface area contributed by atoms with Crippen LogP contribution >= 0.6 is 11.8 Å². The zero-order valence-corrected chi connectivity index (χ0v) is 28.3. The molecule has 3 rings (SSSR count). The highest BCUT2D eigenvalue weighted by molar-refractivity contribution is 7.98. The van der Waals surface area contributed by atoms with E-state index < -0.39 is 33.1 Å². The largest absolute Gasteiger partial charge is 0.340 e. The second kappa shape index (κ2) is 17.4. The molecule has 2 N–H and O–H groups in total. The van der Waals surface area contributed by atoms with Crippen molar-refractivity contribution in [1.82, 2.24) is 14.9 Å². The molecule has 0 spiro atoms. The van der Waals surface area contributed by atoms with Crippen LogP contribution < -0.4 is 10.0 Å². The molecule has 0 fully saturated rings. The molecule has 1 unspecified atom stereocenters. The quantitative estimate of drug-likeness (QED) is 0.183. The highest BCUT2D eigenvalue weighted by Crippen LogP contribution is 2.29. The predicted octanol–water partition coefficient (Wildman–Crippen LogP) is 6.21. The third-order valence-electron chi connectivity index (χ3n) is 7.65. The zero-order chi connectivity index (χ0) is 32.1. The standard InChI is InChI=1S/C35H47N3O4S2/c1-6-7-21-38(22-19-28-14-9-8-10-15-28)25-29-17-18-31(32(24-29)30-16-12-11-13-27(30)4)34(39)36-33(20-23-43-5)35(40)37-44(41,42)26(2)3/h8-18,24,26,33H,6-7,19-23,25H2,1-5H3,(H,36,39)(H,37,40). The summed E-state index contributed by atoms with van der Waals surface area (Å²) in [6.07, 6.45) is 5.38. The first kappa shape index (κ1) is 35.3. The third-order valence-corrected chi connectivity index (χ3v) is 10.0. The number of unbranched alkanes of at least 4 members (excludes halogenated alkanes) is 1. The monoisotopic (exact) mass is 637 g/mol. The molecule has 2 amide bonds. The number of thioether (sulfide) groups is 1. The van der Waals surface area contributed by atoms with Crippen LogP contribution in [0.2, 0.25) is 0 Å². The number of aryl methyl sites for hydroxylation is 1. The number of hydrogen-bond donors (Lipinski definition) is 2. The van der Waals surface area contributed by atoms with Crippen molar-refractivity contribution in [3.05, 3.63) is 95.1 Å². The summed E-state index contributed by atoms with van der Waals surface area (Å²) in [5.74, 6) is -0.551. The molecule has 0 aliphatic heterocycles. The van der Waals surface area contributed by atoms with Gasteiger partial charge in [0.05, 0.1) is 5.25 Å². The number of amides is 2. The Kier molecular flexibility index (Phi) is 14.0. The van der Waals surface area contributed by atoms with Crippen molar-refractivity contribution in [1.29, 1.82) is 0 Å². The van der Waals surface area contributed by atoms with Crippen molar-refractivity contribution in [3.63, 3.8) is 0 Å². The SMILES string of the molecule is CCCCN(CCc1ccccc1)Cc1ccc(C(=O)NC(CCSC)C(=O)NS(=O)(=O)C(C)C)c(-c2ccccc2C)c1. The van der Waals surface area contributed by atoms with Crippen LogP contribution in [0.15, 0.2) is 72.8 Å². The summed E-state index contributed by atoms with van der Waals surface area (Å²) < 4.78 is 27.0. The summed E-state index contributed by atoms with van der Waals surface area (Å²) in [6.45, 7) is 9.89. The number of nitrogens with one attached hydrogen (secondary N) is 2. The fourth-order valence-corrected chi connectivity index (χ4v) is 6.03. The lowest BCUT2D eigenvalue weighted by Gasteiger charge is -2.24. The lowest BCUT2D eigenvalue weighted by molar-refractivity contribution is -0.121. The fraction of sp³-hybridized carbons (Fsp3) is 0.429. The Balaban J connectivity index is 1.92. The molecule has 0 heterocycles. The molecule has 238 valence electrons. The van der Waals surface area contributed by atoms with Crippen molar-refractivity contribution in [3.8, 4) is 11.1 Å². The van der Waals surface area contributed by atoms with Gasteiger partial charge in [-0.05, 0) is 98.5 Å². The third kappa shape index (κ3) is 10.5. The smallest absolute Gasteiger partial charge is 0.256 e. The Labute approximate surface area is 268 Å². The minimum Gasteiger partial charge on any atom is -0.340 e. The molecule has 0 aliphatic rings. The van der Waals surface area contributed by atoms with E-state index in [-0.39, 0.29) is 0 Å². The second-order valence-corrected chi connectivity index (χ2v) is 14.7. The van der Waals surface area contributed by atoms with Gasteiger partial charge in [-0.1, -0.05) is 74.0 Å². The molecule has 3 aromatic rings. The zero-order valence-electron chi connectivity index (χ0n) is 26.6. The first-order chi connectivity index (χ1) is 21.1. The topological polar surface area (TPSA) is 95.6 Å². The maximum absolute atomic E-state index is 13.8. The second-order valence-electron chi connectivity index (χ2n) is 11.4. The molecule has 0 saturated carbocycles. The number of benzene rings is 3. The highest BCUT2D eigenvalue weighted by atomic mass is 32.2. The molecule has 9 heteroatoms. The molecule has 0 bridgehead atoms. The Hall–Kier alpha value is -3.14. The molecular formula is C35H47N3O4S2. The van der Waals surface area contributed by atoms with E-state index in [1.807, 2.05) is 55.6 Å². The van der Waals surface area contributed by atoms with Gasteiger partial charge in [0.25, 0.3) is 11.8 Å². The van der Waals surface area contributed by atoms with E-state index in [1.165, 1.54) is 31.2 Å². The molecule has 1 atom stereocenters. The first-order valence-corrected chi connectivity index (χ1v) is 18.3. The normalized spacial score (nSPS) is 12.3. The van der Waals surface area contributed by atoms with Crippen LogP contribution in [0, 0.1) is 6.92 Å². The molecular weight excluding hydrogens is 591 g/mol. The van der Waals surface area contributed by atoms with Crippen LogP contribution in [0.1, 0.15) is 67.1 Å². The highest BCUT2D eigenvalue weighted by Gasteiger charge is 2.28. The Morgan fingerprint density at radius 1 is 0.909 bits per heavy atom. The molecule has 3 aromatic carbocycles. The van der Waals surface area contributed by atoms with Crippen molar-refractivity contribution in [2.75, 3.05) is 25.1 Å². The number of hydrogen-bond acceptors (Lipinski definition) is 6. The van der Waals surface area contributed by atoms with Gasteiger partial charge in [0.15, 0.2) is 0 Å². The Bertz CT molecular complexity index is 1480. The van der Waals surface area contributed by atoms with Gasteiger partial charge in [0.2, 0.25) is 10.0 Å². The van der Waals surface area contributed by atoms with Crippen molar-refractivity contribution in [2.45, 2.75) is 71.2 Å². The van der Waals surface area contributed by atoms with E-state index in [2.05, 4.69) is 52.2 Å². The Morgan fingerprint density at radius 2 is 1.61 bits per heavy atom. The van der Waals surface area contributed by atoms with E-state index >= 15 is 0 Å². The van der Waals surface area contributed by atoms with Crippen molar-refractivity contribution in [2.24, 2.45) is 0 Å². The first-order valence-electron chi connectivity index (χ1n) is 15.4. The lowest BCUT2D eigenvalue weighted by atomic mass is 9.93. The Morgan fingerprint density at radius 3 is 2.27 bits per heavy atom. The predicted molar refractivity (Wildman–Crippen MR) is 183 cm³/mol. The molecule has 44 heavy (non-hydrogen) atoms. The molecule has 0 aromatic heterocycles. The maximum Gasteiger partial charge on any atom is 0.256 e. The van der Waals surface area contributed by atoms with Gasteiger partial charge in [0, 0.05) is 18.7 Å². The van der Waals surface area contributed by atoms with Crippen molar-refractivity contribution < 1.29 is 18.0 Å². The molecule has 7 nitrogen and oxygen atoms in total. The van der Waals surface area contributed by atoms with Crippen LogP contribution in [0.4, 0.5) is 0 Å². The average Bonchev–Trinajstić information content (AvgIpc) is 3.00. The summed E-state index contributed by atoms with van der Waals surface area (Å²) in [5.41, 5.74) is 5.62. The summed E-state index contributed by atoms with van der Waals surface area (Å²) in [4.78, 5) is 29.3. The van der Waals surface area contributed by atoms with Crippen LogP contribution in [-0.2, 0) is 27.8 Å². The average molecular weight is 638 g/mol. The molecule has 0 aliphatic carbocycles. The van der Waals surface area contributed by atoms with E-state index in [4.69, 9.17) is 0 Å². The van der Waals surface area contributed by atoms with Crippen LogP contribution in [-0.4, -0.2) is 61.5 Å². The molecule has 0 saturated heterocycles. The van der Waals surface area contributed by atoms with Gasteiger partial charge < -0.3 is 5.32 Å². The number of carbonyl (C=O) groups is 2. The van der Waals surface area contributed by atoms with Gasteiger partial charge in [0.1, 0.15) is 6.04 Å². The van der Waals surface area contributed by atoms with Gasteiger partial charge >= 0.3 is 0 Å². The minimum atomic E-state index is -3.83. The maximum atomic E-state index is 13.8. The van der Waals surface area contributed by atoms with Gasteiger partial charge in [-0.3, -0.25) is 19.2 Å². The minimum absolute atomic E-state index is 0.304. The van der Waals surface area contributed by atoms with E-state index in [9.17, 15) is 18.0 Å². The van der Waals surface area contributed by atoms with Gasteiger partial charge in [-0.2, -0.15) is 11.8 Å². The number of nitrogens with zero attached hydrogens (tertiary/aromatic N) is 1. The number of carbonyl (C=O) groups excluding carboxylic acids is 2. The number of sulfonamides is 1. The number of rotatable bonds is 17. The summed E-state index contributed by atoms with van der Waals surface area (Å²) >= 11 is 1.53. The van der Waals surface area contributed by atoms with Crippen LogP contribution in [0.25, 0.3) is 11.1 Å². The lowest BCUT2D eigenvalue weighted by Crippen LogP contribution is -2.50. The van der Waals surface area contributed by atoms with Crippen molar-refractivity contribution >= 4 is 33.6 Å². The van der Waals surface area contributed by atoms with Gasteiger partial charge in [-0.15, -0.1) is 0 Å². The fourth-order valence-electron chi connectivity index (χ4n) is 4.90. The van der Waals surface area contributed by atoms with Crippen LogP contribution in [0.5, 0.6) is 0 Å².